The SMILES string of the molecule is CC12C=CC=C3CCCN(CCC1)C3=C2. The van der Waals surface area contributed by atoms with Crippen LogP contribution in [0.25, 0.3) is 0 Å². The number of allylic oxidation sites excluding steroid dienone is 5. The van der Waals surface area contributed by atoms with Crippen LogP contribution in [0.15, 0.2) is 35.6 Å². The van der Waals surface area contributed by atoms with Crippen molar-refractivity contribution in [3.05, 3.63) is 35.6 Å². The topological polar surface area (TPSA) is 3.24 Å². The standard InChI is InChI=1S/C14H19N/c1-14-7-2-5-12-6-3-9-15(10-4-8-14)13(12)11-14/h2,5,7,11H,3-4,6,8-10H2,1H3. The van der Waals surface area contributed by atoms with Gasteiger partial charge < -0.3 is 4.90 Å². The number of nitrogens with zero attached hydrogens (tertiary/aromatic N) is 1. The first-order valence-corrected chi connectivity index (χ1v) is 6.13. The van der Waals surface area contributed by atoms with Gasteiger partial charge in [0, 0.05) is 24.2 Å². The Kier molecular flexibility index (Phi) is 2.01. The average Bonchev–Trinajstić information content (AvgIpc) is 2.46. The second-order valence-corrected chi connectivity index (χ2v) is 5.28. The molecule has 2 aliphatic heterocycles. The molecule has 0 aromatic carbocycles. The van der Waals surface area contributed by atoms with Crippen LogP contribution in [-0.4, -0.2) is 18.0 Å². The number of hydrogen-bond donors (Lipinski definition) is 0. The molecule has 0 saturated carbocycles. The summed E-state index contributed by atoms with van der Waals surface area (Å²) in [6.07, 6.45) is 14.7. The summed E-state index contributed by atoms with van der Waals surface area (Å²) in [5, 5.41) is 0. The third-order valence-electron chi connectivity index (χ3n) is 3.93. The largest absolute Gasteiger partial charge is 0.372 e. The van der Waals surface area contributed by atoms with Gasteiger partial charge in [0.1, 0.15) is 0 Å². The molecule has 80 valence electrons. The minimum Gasteiger partial charge on any atom is -0.372 e. The molecule has 0 spiro atoms. The van der Waals surface area contributed by atoms with Gasteiger partial charge in [-0.05, 0) is 31.3 Å². The van der Waals surface area contributed by atoms with Gasteiger partial charge in [0.25, 0.3) is 0 Å². The van der Waals surface area contributed by atoms with Gasteiger partial charge in [-0.3, -0.25) is 0 Å². The molecule has 1 nitrogen and oxygen atoms in total. The van der Waals surface area contributed by atoms with Crippen molar-refractivity contribution in [3.8, 4) is 0 Å². The zero-order valence-electron chi connectivity index (χ0n) is 9.50. The lowest BCUT2D eigenvalue weighted by atomic mass is 9.85. The maximum absolute atomic E-state index is 2.59. The Balaban J connectivity index is 2.08. The van der Waals surface area contributed by atoms with E-state index in [9.17, 15) is 0 Å². The van der Waals surface area contributed by atoms with Gasteiger partial charge in [-0.1, -0.05) is 31.2 Å². The summed E-state index contributed by atoms with van der Waals surface area (Å²) in [6.45, 7) is 4.89. The maximum Gasteiger partial charge on any atom is 0.0366 e. The first-order valence-electron chi connectivity index (χ1n) is 6.13. The van der Waals surface area contributed by atoms with E-state index in [4.69, 9.17) is 0 Å². The van der Waals surface area contributed by atoms with Crippen molar-refractivity contribution in [2.75, 3.05) is 13.1 Å². The van der Waals surface area contributed by atoms with Crippen LogP contribution < -0.4 is 0 Å². The fraction of sp³-hybridized carbons (Fsp3) is 0.571. The molecule has 0 amide bonds. The highest BCUT2D eigenvalue weighted by atomic mass is 15.1. The Hall–Kier alpha value is -0.980. The molecule has 3 rings (SSSR count). The number of rotatable bonds is 0. The van der Waals surface area contributed by atoms with Crippen molar-refractivity contribution < 1.29 is 0 Å². The molecular weight excluding hydrogens is 182 g/mol. The predicted octanol–water partition coefficient (Wildman–Crippen LogP) is 3.26. The van der Waals surface area contributed by atoms with Gasteiger partial charge in [0.15, 0.2) is 0 Å². The summed E-state index contributed by atoms with van der Waals surface area (Å²) in [6, 6.07) is 0. The molecule has 15 heavy (non-hydrogen) atoms. The average molecular weight is 201 g/mol. The van der Waals surface area contributed by atoms with E-state index < -0.39 is 0 Å². The van der Waals surface area contributed by atoms with Crippen molar-refractivity contribution in [1.82, 2.24) is 4.90 Å². The highest BCUT2D eigenvalue weighted by Gasteiger charge is 2.29. The molecule has 1 atom stereocenters. The van der Waals surface area contributed by atoms with Crippen molar-refractivity contribution in [1.29, 1.82) is 0 Å². The van der Waals surface area contributed by atoms with Crippen LogP contribution in [0.1, 0.15) is 32.6 Å². The van der Waals surface area contributed by atoms with Crippen molar-refractivity contribution in [2.45, 2.75) is 32.6 Å². The van der Waals surface area contributed by atoms with E-state index in [1.165, 1.54) is 44.5 Å². The lowest BCUT2D eigenvalue weighted by Gasteiger charge is -2.32. The van der Waals surface area contributed by atoms with E-state index in [0.29, 0.717) is 5.41 Å². The van der Waals surface area contributed by atoms with Gasteiger partial charge in [0.05, 0.1) is 0 Å². The monoisotopic (exact) mass is 201 g/mol. The summed E-state index contributed by atoms with van der Waals surface area (Å²) in [4.78, 5) is 2.59. The second-order valence-electron chi connectivity index (χ2n) is 5.28. The van der Waals surface area contributed by atoms with E-state index >= 15 is 0 Å². The normalized spacial score (nSPS) is 34.1. The molecular formula is C14H19N. The van der Waals surface area contributed by atoms with Crippen LogP contribution in [0.2, 0.25) is 0 Å². The van der Waals surface area contributed by atoms with Gasteiger partial charge >= 0.3 is 0 Å². The fourth-order valence-corrected chi connectivity index (χ4v) is 3.05. The van der Waals surface area contributed by atoms with E-state index in [1.54, 1.807) is 5.57 Å². The molecule has 0 aromatic rings. The molecule has 3 aliphatic rings. The minimum absolute atomic E-state index is 0.305. The van der Waals surface area contributed by atoms with Gasteiger partial charge in [-0.25, -0.2) is 0 Å². The molecule has 1 saturated heterocycles. The fourth-order valence-electron chi connectivity index (χ4n) is 3.05. The lowest BCUT2D eigenvalue weighted by Crippen LogP contribution is -2.29. The Morgan fingerprint density at radius 2 is 2.13 bits per heavy atom. The Labute approximate surface area is 92.2 Å². The van der Waals surface area contributed by atoms with Crippen LogP contribution in [0.4, 0.5) is 0 Å². The molecule has 1 heteroatoms. The quantitative estimate of drug-likeness (QED) is 0.581. The molecule has 0 N–H and O–H groups in total. The first-order chi connectivity index (χ1) is 7.27. The molecule has 0 aromatic heterocycles. The first kappa shape index (κ1) is 9.26. The van der Waals surface area contributed by atoms with Crippen LogP contribution in [0.5, 0.6) is 0 Å². The smallest absolute Gasteiger partial charge is 0.0366 e. The molecule has 2 bridgehead atoms. The van der Waals surface area contributed by atoms with Crippen molar-refractivity contribution >= 4 is 0 Å². The predicted molar refractivity (Wildman–Crippen MR) is 63.5 cm³/mol. The summed E-state index contributed by atoms with van der Waals surface area (Å²) < 4.78 is 0. The van der Waals surface area contributed by atoms with Crippen LogP contribution in [-0.2, 0) is 0 Å². The number of hydrogen-bond acceptors (Lipinski definition) is 1. The molecule has 1 aliphatic carbocycles. The molecule has 1 unspecified atom stereocenters. The molecule has 0 radical (unpaired) electrons. The van der Waals surface area contributed by atoms with Crippen LogP contribution >= 0.6 is 0 Å². The van der Waals surface area contributed by atoms with Gasteiger partial charge in [-0.15, -0.1) is 0 Å². The van der Waals surface area contributed by atoms with E-state index in [-0.39, 0.29) is 0 Å². The zero-order chi connectivity index (χ0) is 10.3. The third-order valence-corrected chi connectivity index (χ3v) is 3.93. The van der Waals surface area contributed by atoms with Crippen molar-refractivity contribution in [3.63, 3.8) is 0 Å². The van der Waals surface area contributed by atoms with E-state index in [0.717, 1.165) is 0 Å². The van der Waals surface area contributed by atoms with Crippen LogP contribution in [0, 0.1) is 5.41 Å². The summed E-state index contributed by atoms with van der Waals surface area (Å²) in [5.74, 6) is 0. The highest BCUT2D eigenvalue weighted by Crippen LogP contribution is 2.39. The Bertz CT molecular complexity index is 362. The summed E-state index contributed by atoms with van der Waals surface area (Å²) in [5.41, 5.74) is 3.40. The summed E-state index contributed by atoms with van der Waals surface area (Å²) in [7, 11) is 0. The number of piperidine rings is 1. The molecule has 1 fully saturated rings. The number of fused-ring (bicyclic) bond motifs is 1. The Morgan fingerprint density at radius 3 is 3.07 bits per heavy atom. The maximum atomic E-state index is 2.59. The van der Waals surface area contributed by atoms with Gasteiger partial charge in [-0.2, -0.15) is 0 Å². The third kappa shape index (κ3) is 1.54. The molecule has 2 heterocycles. The van der Waals surface area contributed by atoms with Crippen molar-refractivity contribution in [2.24, 2.45) is 5.41 Å². The second kappa shape index (κ2) is 3.26. The van der Waals surface area contributed by atoms with E-state index in [1.807, 2.05) is 0 Å². The highest BCUT2D eigenvalue weighted by molar-refractivity contribution is 5.40. The van der Waals surface area contributed by atoms with Gasteiger partial charge in [0.2, 0.25) is 0 Å². The Morgan fingerprint density at radius 1 is 1.27 bits per heavy atom. The lowest BCUT2D eigenvalue weighted by molar-refractivity contribution is 0.318. The summed E-state index contributed by atoms with van der Waals surface area (Å²) >= 11 is 0. The van der Waals surface area contributed by atoms with Crippen LogP contribution in [0.3, 0.4) is 0 Å². The minimum atomic E-state index is 0.305. The zero-order valence-corrected chi connectivity index (χ0v) is 9.50. The van der Waals surface area contributed by atoms with E-state index in [2.05, 4.69) is 36.1 Å².